The van der Waals surface area contributed by atoms with Crippen molar-refractivity contribution in [1.29, 1.82) is 0 Å². The highest BCUT2D eigenvalue weighted by Crippen LogP contribution is 2.26. The molecular weight excluding hydrogens is 362 g/mol. The molecule has 1 aromatic carbocycles. The Morgan fingerprint density at radius 2 is 2.00 bits per heavy atom. The molecule has 6 heteroatoms. The minimum absolute atomic E-state index is 0.104. The Morgan fingerprint density at radius 1 is 1.24 bits per heavy atom. The first-order chi connectivity index (χ1) is 14.1. The van der Waals surface area contributed by atoms with E-state index in [4.69, 9.17) is 9.73 Å². The highest BCUT2D eigenvalue weighted by Gasteiger charge is 2.34. The van der Waals surface area contributed by atoms with Crippen molar-refractivity contribution in [2.75, 3.05) is 53.5 Å². The van der Waals surface area contributed by atoms with Crippen molar-refractivity contribution in [3.63, 3.8) is 0 Å². The Labute approximate surface area is 176 Å². The summed E-state index contributed by atoms with van der Waals surface area (Å²) in [5.74, 6) is 0.951. The predicted molar refractivity (Wildman–Crippen MR) is 120 cm³/mol. The highest BCUT2D eigenvalue weighted by atomic mass is 16.5. The molecule has 0 bridgehead atoms. The Morgan fingerprint density at radius 3 is 2.69 bits per heavy atom. The molecule has 1 aromatic rings. The third-order valence-corrected chi connectivity index (χ3v) is 6.34. The molecule has 1 atom stereocenters. The van der Waals surface area contributed by atoms with E-state index in [9.17, 15) is 0 Å². The van der Waals surface area contributed by atoms with Gasteiger partial charge in [-0.05, 0) is 58.8 Å². The van der Waals surface area contributed by atoms with Crippen molar-refractivity contribution < 1.29 is 4.74 Å². The van der Waals surface area contributed by atoms with E-state index in [2.05, 4.69) is 71.8 Å². The van der Waals surface area contributed by atoms with Gasteiger partial charge in [0, 0.05) is 44.4 Å². The van der Waals surface area contributed by atoms with Crippen LogP contribution < -0.4 is 10.6 Å². The summed E-state index contributed by atoms with van der Waals surface area (Å²) < 4.78 is 5.60. The van der Waals surface area contributed by atoms with Gasteiger partial charge in [0.1, 0.15) is 0 Å². The summed E-state index contributed by atoms with van der Waals surface area (Å²) in [6.45, 7) is 8.73. The maximum Gasteiger partial charge on any atom is 0.191 e. The molecule has 2 heterocycles. The number of ether oxygens (including phenoxy) is 1. The van der Waals surface area contributed by atoms with E-state index in [-0.39, 0.29) is 5.54 Å². The number of nitrogens with zero attached hydrogens (tertiary/aromatic N) is 3. The van der Waals surface area contributed by atoms with Gasteiger partial charge in [-0.2, -0.15) is 0 Å². The van der Waals surface area contributed by atoms with Gasteiger partial charge in [-0.15, -0.1) is 0 Å². The standard InChI is InChI=1S/C23H39N5O/c1-4-24-22(25-19-23(27(2)3)12-15-29-16-13-23)26-21-11-8-14-28(18-21)17-20-9-6-5-7-10-20/h5-7,9-10,21H,4,8,11-19H2,1-3H3,(H2,24,25,26). The van der Waals surface area contributed by atoms with E-state index >= 15 is 0 Å². The number of rotatable bonds is 7. The number of likely N-dealkylation sites (tertiary alicyclic amines) is 1. The highest BCUT2D eigenvalue weighted by molar-refractivity contribution is 5.80. The van der Waals surface area contributed by atoms with Crippen LogP contribution in [0, 0.1) is 0 Å². The van der Waals surface area contributed by atoms with Gasteiger partial charge in [-0.1, -0.05) is 30.3 Å². The number of likely N-dealkylation sites (N-methyl/N-ethyl adjacent to an activating group) is 1. The normalized spacial score (nSPS) is 23.2. The summed E-state index contributed by atoms with van der Waals surface area (Å²) in [6, 6.07) is 11.2. The van der Waals surface area contributed by atoms with Crippen LogP contribution in [-0.4, -0.2) is 80.8 Å². The molecule has 2 fully saturated rings. The van der Waals surface area contributed by atoms with Crippen molar-refractivity contribution in [3.8, 4) is 0 Å². The SMILES string of the molecule is CCNC(=NCC1(N(C)C)CCOCC1)NC1CCCN(Cc2ccccc2)C1. The van der Waals surface area contributed by atoms with Crippen molar-refractivity contribution in [3.05, 3.63) is 35.9 Å². The van der Waals surface area contributed by atoms with Crippen LogP contribution >= 0.6 is 0 Å². The molecule has 0 aromatic heterocycles. The fourth-order valence-electron chi connectivity index (χ4n) is 4.40. The molecule has 3 rings (SSSR count). The molecule has 1 unspecified atom stereocenters. The van der Waals surface area contributed by atoms with Gasteiger partial charge in [0.05, 0.1) is 6.54 Å². The smallest absolute Gasteiger partial charge is 0.191 e. The van der Waals surface area contributed by atoms with Gasteiger partial charge in [0.2, 0.25) is 0 Å². The zero-order chi connectivity index (χ0) is 20.5. The predicted octanol–water partition coefficient (Wildman–Crippen LogP) is 2.32. The van der Waals surface area contributed by atoms with E-state index < -0.39 is 0 Å². The maximum atomic E-state index is 5.60. The topological polar surface area (TPSA) is 52.1 Å². The molecule has 0 amide bonds. The lowest BCUT2D eigenvalue weighted by Gasteiger charge is -2.42. The molecule has 6 nitrogen and oxygen atoms in total. The summed E-state index contributed by atoms with van der Waals surface area (Å²) in [6.07, 6.45) is 4.50. The second kappa shape index (κ2) is 11.0. The van der Waals surface area contributed by atoms with E-state index in [1.165, 1.54) is 24.9 Å². The lowest BCUT2D eigenvalue weighted by atomic mass is 9.89. The summed E-state index contributed by atoms with van der Waals surface area (Å²) in [4.78, 5) is 9.91. The average molecular weight is 402 g/mol. The lowest BCUT2D eigenvalue weighted by Crippen LogP contribution is -2.53. The van der Waals surface area contributed by atoms with Crippen LogP contribution in [0.4, 0.5) is 0 Å². The van der Waals surface area contributed by atoms with Gasteiger partial charge in [0.15, 0.2) is 5.96 Å². The van der Waals surface area contributed by atoms with E-state index in [0.29, 0.717) is 6.04 Å². The number of hydrogen-bond acceptors (Lipinski definition) is 4. The maximum absolute atomic E-state index is 5.60. The van der Waals surface area contributed by atoms with Gasteiger partial charge in [-0.25, -0.2) is 0 Å². The number of guanidine groups is 1. The monoisotopic (exact) mass is 401 g/mol. The summed E-state index contributed by atoms with van der Waals surface area (Å²) in [5.41, 5.74) is 1.49. The first-order valence-corrected chi connectivity index (χ1v) is 11.2. The summed E-state index contributed by atoms with van der Waals surface area (Å²) in [5, 5.41) is 7.18. The molecule has 0 radical (unpaired) electrons. The van der Waals surface area contributed by atoms with E-state index in [1.54, 1.807) is 0 Å². The number of nitrogens with one attached hydrogen (secondary N) is 2. The first-order valence-electron chi connectivity index (χ1n) is 11.2. The van der Waals surface area contributed by atoms with E-state index in [1.807, 2.05) is 0 Å². The zero-order valence-corrected chi connectivity index (χ0v) is 18.5. The molecule has 2 aliphatic heterocycles. The van der Waals surface area contributed by atoms with Crippen LogP contribution in [0.2, 0.25) is 0 Å². The largest absolute Gasteiger partial charge is 0.381 e. The molecular formula is C23H39N5O. The van der Waals surface area contributed by atoms with Crippen LogP contribution in [0.25, 0.3) is 0 Å². The Kier molecular flexibility index (Phi) is 8.33. The second-order valence-corrected chi connectivity index (χ2v) is 8.63. The van der Waals surface area contributed by atoms with Gasteiger partial charge >= 0.3 is 0 Å². The van der Waals surface area contributed by atoms with Crippen LogP contribution in [0.1, 0.15) is 38.2 Å². The number of hydrogen-bond donors (Lipinski definition) is 2. The van der Waals surface area contributed by atoms with Gasteiger partial charge in [0.25, 0.3) is 0 Å². The molecule has 0 saturated carbocycles. The molecule has 162 valence electrons. The molecule has 0 aliphatic carbocycles. The first kappa shape index (κ1) is 22.1. The average Bonchev–Trinajstić information content (AvgIpc) is 2.74. The Balaban J connectivity index is 1.59. The zero-order valence-electron chi connectivity index (χ0n) is 18.5. The second-order valence-electron chi connectivity index (χ2n) is 8.63. The Bertz CT molecular complexity index is 627. The number of piperidine rings is 1. The molecule has 2 aliphatic rings. The third kappa shape index (κ3) is 6.43. The lowest BCUT2D eigenvalue weighted by molar-refractivity contribution is -0.00256. The van der Waals surface area contributed by atoms with Crippen LogP contribution in [-0.2, 0) is 11.3 Å². The quantitative estimate of drug-likeness (QED) is 0.542. The van der Waals surface area contributed by atoms with E-state index in [0.717, 1.165) is 58.2 Å². The fourth-order valence-corrected chi connectivity index (χ4v) is 4.40. The minimum Gasteiger partial charge on any atom is -0.381 e. The van der Waals surface area contributed by atoms with Crippen molar-refractivity contribution in [1.82, 2.24) is 20.4 Å². The molecule has 0 spiro atoms. The third-order valence-electron chi connectivity index (χ3n) is 6.34. The van der Waals surface area contributed by atoms with Crippen LogP contribution in [0.5, 0.6) is 0 Å². The Hall–Kier alpha value is -1.63. The minimum atomic E-state index is 0.104. The number of benzene rings is 1. The molecule has 2 N–H and O–H groups in total. The summed E-state index contributed by atoms with van der Waals surface area (Å²) >= 11 is 0. The van der Waals surface area contributed by atoms with Gasteiger partial charge in [-0.3, -0.25) is 9.89 Å². The molecule has 2 saturated heterocycles. The van der Waals surface area contributed by atoms with Crippen LogP contribution in [0.15, 0.2) is 35.3 Å². The van der Waals surface area contributed by atoms with Crippen molar-refractivity contribution >= 4 is 5.96 Å². The van der Waals surface area contributed by atoms with Gasteiger partial charge < -0.3 is 20.3 Å². The van der Waals surface area contributed by atoms with Crippen LogP contribution in [0.3, 0.4) is 0 Å². The summed E-state index contributed by atoms with van der Waals surface area (Å²) in [7, 11) is 4.34. The van der Waals surface area contributed by atoms with Crippen molar-refractivity contribution in [2.45, 2.75) is 50.7 Å². The number of aliphatic imine (C=N–C) groups is 1. The molecule has 29 heavy (non-hydrogen) atoms. The fraction of sp³-hybridized carbons (Fsp3) is 0.696. The van der Waals surface area contributed by atoms with Crippen molar-refractivity contribution in [2.24, 2.45) is 4.99 Å².